The van der Waals surface area contributed by atoms with Gasteiger partial charge in [-0.25, -0.2) is 4.98 Å². The number of hydrogen-bond acceptors (Lipinski definition) is 7. The summed E-state index contributed by atoms with van der Waals surface area (Å²) < 4.78 is 15.0. The summed E-state index contributed by atoms with van der Waals surface area (Å²) in [6.45, 7) is 18.9. The van der Waals surface area contributed by atoms with Crippen molar-refractivity contribution < 1.29 is 14.3 Å². The molecule has 0 aromatic carbocycles. The third-order valence-corrected chi connectivity index (χ3v) is 13.0. The van der Waals surface area contributed by atoms with Crippen molar-refractivity contribution in [2.45, 2.75) is 89.1 Å². The number of fused-ring (bicyclic) bond motifs is 1. The standard InChI is InChI=1S/C21H34ClN5O3Si/c1-9-21(28)14(8)29-19(16(21)30-31(11(2)3,12(4)5)13(6)7)27-10-24-15-17(23)25-20(22)26-18(15)27/h9-14,16,19,28H,1H2,2-8H3,(H2,23,25,26)/t14-,16+,19-,21+/m1/s1. The minimum Gasteiger partial charge on any atom is -0.405 e. The van der Waals surface area contributed by atoms with Crippen molar-refractivity contribution in [2.24, 2.45) is 0 Å². The molecule has 0 bridgehead atoms. The first-order valence-electron chi connectivity index (χ1n) is 10.7. The molecule has 0 unspecified atom stereocenters. The van der Waals surface area contributed by atoms with E-state index in [9.17, 15) is 5.11 Å². The lowest BCUT2D eigenvalue weighted by atomic mass is 9.93. The zero-order chi connectivity index (χ0) is 23.3. The van der Waals surface area contributed by atoms with E-state index < -0.39 is 32.4 Å². The maximum absolute atomic E-state index is 11.6. The summed E-state index contributed by atoms with van der Waals surface area (Å²) in [5.41, 5.74) is 6.43. The summed E-state index contributed by atoms with van der Waals surface area (Å²) in [4.78, 5) is 12.7. The number of aliphatic hydroxyl groups is 1. The molecule has 0 aliphatic carbocycles. The molecule has 2 aromatic rings. The molecule has 4 atom stereocenters. The SMILES string of the molecule is C=C[C@]1(O)[C@@H](C)O[C@@H](n2cnc3c(N)nc(Cl)nc32)[C@@H]1O[Si](C(C)C)(C(C)C)C(C)C. The fourth-order valence-corrected chi connectivity index (χ4v) is 11.0. The van der Waals surface area contributed by atoms with Gasteiger partial charge in [-0.2, -0.15) is 9.97 Å². The third-order valence-electron chi connectivity index (χ3n) is 6.77. The monoisotopic (exact) mass is 467 g/mol. The van der Waals surface area contributed by atoms with Gasteiger partial charge in [0.1, 0.15) is 17.2 Å². The molecule has 1 saturated heterocycles. The Balaban J connectivity index is 2.18. The number of nitrogens with two attached hydrogens (primary N) is 1. The normalized spacial score (nSPS) is 27.2. The second-order valence-electron chi connectivity index (χ2n) is 9.32. The van der Waals surface area contributed by atoms with Crippen LogP contribution in [0.3, 0.4) is 0 Å². The smallest absolute Gasteiger partial charge is 0.226 e. The van der Waals surface area contributed by atoms with Gasteiger partial charge in [0, 0.05) is 0 Å². The molecular weight excluding hydrogens is 434 g/mol. The number of halogens is 1. The molecule has 3 N–H and O–H groups in total. The molecule has 172 valence electrons. The Morgan fingerprint density at radius 3 is 2.35 bits per heavy atom. The van der Waals surface area contributed by atoms with Crippen LogP contribution in [0.5, 0.6) is 0 Å². The van der Waals surface area contributed by atoms with Crippen LogP contribution in [0.1, 0.15) is 54.7 Å². The number of aromatic nitrogens is 4. The van der Waals surface area contributed by atoms with Crippen molar-refractivity contribution in [1.82, 2.24) is 19.5 Å². The second-order valence-corrected chi connectivity index (χ2v) is 15.1. The predicted molar refractivity (Wildman–Crippen MR) is 125 cm³/mol. The first-order valence-corrected chi connectivity index (χ1v) is 13.3. The lowest BCUT2D eigenvalue weighted by Gasteiger charge is -2.46. The Morgan fingerprint density at radius 2 is 1.84 bits per heavy atom. The van der Waals surface area contributed by atoms with Gasteiger partial charge in [-0.3, -0.25) is 4.57 Å². The van der Waals surface area contributed by atoms with Crippen LogP contribution < -0.4 is 5.73 Å². The van der Waals surface area contributed by atoms with Crippen LogP contribution >= 0.6 is 11.6 Å². The second kappa shape index (κ2) is 8.44. The highest BCUT2D eigenvalue weighted by atomic mass is 35.5. The highest BCUT2D eigenvalue weighted by Crippen LogP contribution is 2.49. The van der Waals surface area contributed by atoms with Gasteiger partial charge < -0.3 is 20.0 Å². The zero-order valence-electron chi connectivity index (χ0n) is 19.3. The van der Waals surface area contributed by atoms with E-state index in [4.69, 9.17) is 26.5 Å². The Hall–Kier alpha value is -1.52. The number of rotatable bonds is 7. The van der Waals surface area contributed by atoms with Crippen LogP contribution in [0, 0.1) is 0 Å². The number of anilines is 1. The van der Waals surface area contributed by atoms with Crippen LogP contribution in [0.2, 0.25) is 21.9 Å². The van der Waals surface area contributed by atoms with Crippen molar-refractivity contribution >= 4 is 36.9 Å². The quantitative estimate of drug-likeness (QED) is 0.351. The maximum atomic E-state index is 11.6. The van der Waals surface area contributed by atoms with Crippen LogP contribution in [0.4, 0.5) is 5.82 Å². The fourth-order valence-electron chi connectivity index (χ4n) is 5.22. The van der Waals surface area contributed by atoms with Gasteiger partial charge in [0.15, 0.2) is 17.7 Å². The van der Waals surface area contributed by atoms with E-state index in [0.29, 0.717) is 27.8 Å². The van der Waals surface area contributed by atoms with Crippen molar-refractivity contribution in [1.29, 1.82) is 0 Å². The summed E-state index contributed by atoms with van der Waals surface area (Å²) in [5, 5.41) is 11.6. The predicted octanol–water partition coefficient (Wildman–Crippen LogP) is 4.46. The third kappa shape index (κ3) is 3.70. The van der Waals surface area contributed by atoms with Gasteiger partial charge in [-0.05, 0) is 35.1 Å². The number of hydrogen-bond donors (Lipinski definition) is 2. The minimum absolute atomic E-state index is 0.0181. The van der Waals surface area contributed by atoms with Crippen molar-refractivity contribution in [3.63, 3.8) is 0 Å². The van der Waals surface area contributed by atoms with E-state index in [0.717, 1.165) is 0 Å². The molecule has 3 heterocycles. The van der Waals surface area contributed by atoms with Crippen LogP contribution in [-0.4, -0.2) is 50.8 Å². The first-order chi connectivity index (χ1) is 14.4. The lowest BCUT2D eigenvalue weighted by molar-refractivity contribution is -0.0299. The number of ether oxygens (including phenoxy) is 1. The first kappa shape index (κ1) is 24.1. The van der Waals surface area contributed by atoms with Gasteiger partial charge in [-0.15, -0.1) is 6.58 Å². The molecule has 3 rings (SSSR count). The van der Waals surface area contributed by atoms with Gasteiger partial charge in [0.05, 0.1) is 12.4 Å². The average molecular weight is 468 g/mol. The van der Waals surface area contributed by atoms with E-state index >= 15 is 0 Å². The summed E-state index contributed by atoms with van der Waals surface area (Å²) in [5.74, 6) is 0.187. The topological polar surface area (TPSA) is 108 Å². The zero-order valence-corrected chi connectivity index (χ0v) is 21.1. The molecular formula is C21H34ClN5O3Si. The van der Waals surface area contributed by atoms with Crippen molar-refractivity contribution in [2.75, 3.05) is 5.73 Å². The molecule has 1 fully saturated rings. The summed E-state index contributed by atoms with van der Waals surface area (Å²) in [7, 11) is -2.38. The van der Waals surface area contributed by atoms with E-state index in [1.54, 1.807) is 10.9 Å². The van der Waals surface area contributed by atoms with Gasteiger partial charge in [0.2, 0.25) is 13.6 Å². The lowest BCUT2D eigenvalue weighted by Crippen LogP contribution is -2.56. The average Bonchev–Trinajstić information content (AvgIpc) is 3.19. The Labute approximate surface area is 190 Å². The number of nitrogen functional groups attached to an aromatic ring is 1. The van der Waals surface area contributed by atoms with Gasteiger partial charge >= 0.3 is 0 Å². The Bertz CT molecular complexity index is 944. The summed E-state index contributed by atoms with van der Waals surface area (Å²) >= 11 is 6.06. The Morgan fingerprint density at radius 1 is 1.26 bits per heavy atom. The largest absolute Gasteiger partial charge is 0.405 e. The van der Waals surface area contributed by atoms with Crippen molar-refractivity contribution in [3.8, 4) is 0 Å². The summed E-state index contributed by atoms with van der Waals surface area (Å²) in [6, 6.07) is 0. The molecule has 1 aliphatic rings. The fraction of sp³-hybridized carbons (Fsp3) is 0.667. The van der Waals surface area contributed by atoms with E-state index in [2.05, 4.69) is 63.1 Å². The molecule has 2 aromatic heterocycles. The van der Waals surface area contributed by atoms with E-state index in [-0.39, 0.29) is 11.1 Å². The molecule has 0 saturated carbocycles. The van der Waals surface area contributed by atoms with Crippen molar-refractivity contribution in [3.05, 3.63) is 24.3 Å². The number of nitrogens with zero attached hydrogens (tertiary/aromatic N) is 4. The Kier molecular flexibility index (Phi) is 6.57. The van der Waals surface area contributed by atoms with Crippen LogP contribution in [0.15, 0.2) is 19.0 Å². The van der Waals surface area contributed by atoms with E-state index in [1.807, 2.05) is 6.92 Å². The molecule has 1 aliphatic heterocycles. The minimum atomic E-state index is -2.38. The summed E-state index contributed by atoms with van der Waals surface area (Å²) in [6.07, 6.45) is 1.17. The molecule has 8 nitrogen and oxygen atoms in total. The highest BCUT2D eigenvalue weighted by molar-refractivity contribution is 6.77. The van der Waals surface area contributed by atoms with Crippen LogP contribution in [0.25, 0.3) is 11.2 Å². The molecule has 31 heavy (non-hydrogen) atoms. The maximum Gasteiger partial charge on any atom is 0.226 e. The highest BCUT2D eigenvalue weighted by Gasteiger charge is 2.58. The molecule has 0 radical (unpaired) electrons. The van der Waals surface area contributed by atoms with Crippen LogP contribution in [-0.2, 0) is 9.16 Å². The van der Waals surface area contributed by atoms with E-state index in [1.165, 1.54) is 6.08 Å². The van der Waals surface area contributed by atoms with Gasteiger partial charge in [0.25, 0.3) is 0 Å². The molecule has 10 heteroatoms. The van der Waals surface area contributed by atoms with Gasteiger partial charge in [-0.1, -0.05) is 47.6 Å². The molecule has 0 amide bonds. The molecule has 0 spiro atoms. The number of imidazole rings is 1.